The molecule has 2 amide bonds. The Kier molecular flexibility index (Phi) is 7.06. The molecule has 2 aromatic rings. The van der Waals surface area contributed by atoms with Crippen LogP contribution < -0.4 is 10.6 Å². The van der Waals surface area contributed by atoms with Gasteiger partial charge in [-0.3, -0.25) is 9.59 Å². The average Bonchev–Trinajstić information content (AvgIpc) is 3.02. The first-order valence-corrected chi connectivity index (χ1v) is 10.1. The van der Waals surface area contributed by atoms with Crippen LogP contribution in [0.25, 0.3) is 0 Å². The van der Waals surface area contributed by atoms with Gasteiger partial charge in [0, 0.05) is 24.3 Å². The van der Waals surface area contributed by atoms with Crippen molar-refractivity contribution in [3.8, 4) is 0 Å². The molecule has 2 N–H and O–H groups in total. The van der Waals surface area contributed by atoms with E-state index in [2.05, 4.69) is 10.6 Å². The highest BCUT2D eigenvalue weighted by Crippen LogP contribution is 2.16. The molecular weight excluding hydrogens is 350 g/mol. The van der Waals surface area contributed by atoms with Gasteiger partial charge in [-0.1, -0.05) is 43.2 Å². The number of benzene rings is 2. The van der Waals surface area contributed by atoms with Gasteiger partial charge in [0.25, 0.3) is 5.91 Å². The number of carbonyl (C=O) groups is 2. The summed E-state index contributed by atoms with van der Waals surface area (Å²) in [5.41, 5.74) is 2.61. The predicted octanol–water partition coefficient (Wildman–Crippen LogP) is 3.99. The maximum Gasteiger partial charge on any atom is 0.253 e. The lowest BCUT2D eigenvalue weighted by molar-refractivity contribution is -0.120. The standard InChI is InChI=1S/C23H29N3O2/c1-18(19-9-5-4-6-10-19)25-22(27)17-24-21-13-11-20(12-14-21)23(28)26-15-7-2-3-8-16-26/h4-6,9-14,18,24H,2-3,7-8,15-17H2,1H3,(H,25,27). The summed E-state index contributed by atoms with van der Waals surface area (Å²) in [5, 5.41) is 6.10. The van der Waals surface area contributed by atoms with E-state index in [4.69, 9.17) is 0 Å². The minimum absolute atomic E-state index is 0.0379. The summed E-state index contributed by atoms with van der Waals surface area (Å²) in [6, 6.07) is 17.2. The molecule has 0 aliphatic carbocycles. The second-order valence-electron chi connectivity index (χ2n) is 7.34. The monoisotopic (exact) mass is 379 g/mol. The van der Waals surface area contributed by atoms with Crippen LogP contribution in [0.15, 0.2) is 54.6 Å². The molecule has 2 aromatic carbocycles. The van der Waals surface area contributed by atoms with E-state index in [1.807, 2.05) is 66.4 Å². The van der Waals surface area contributed by atoms with E-state index < -0.39 is 0 Å². The van der Waals surface area contributed by atoms with Crippen LogP contribution >= 0.6 is 0 Å². The Morgan fingerprint density at radius 1 is 0.929 bits per heavy atom. The molecular formula is C23H29N3O2. The number of anilines is 1. The number of amides is 2. The summed E-state index contributed by atoms with van der Waals surface area (Å²) in [6.45, 7) is 3.85. The molecule has 0 bridgehead atoms. The first-order chi connectivity index (χ1) is 13.6. The smallest absolute Gasteiger partial charge is 0.253 e. The molecule has 1 heterocycles. The van der Waals surface area contributed by atoms with Crippen molar-refractivity contribution in [2.45, 2.75) is 38.6 Å². The lowest BCUT2D eigenvalue weighted by Crippen LogP contribution is -2.32. The lowest BCUT2D eigenvalue weighted by atomic mass is 10.1. The van der Waals surface area contributed by atoms with Crippen molar-refractivity contribution in [1.82, 2.24) is 10.2 Å². The number of hydrogen-bond acceptors (Lipinski definition) is 3. The Hall–Kier alpha value is -2.82. The highest BCUT2D eigenvalue weighted by molar-refractivity contribution is 5.94. The summed E-state index contributed by atoms with van der Waals surface area (Å²) in [6.07, 6.45) is 4.58. The Morgan fingerprint density at radius 3 is 2.21 bits per heavy atom. The number of carbonyl (C=O) groups excluding carboxylic acids is 2. The second kappa shape index (κ2) is 9.93. The van der Waals surface area contributed by atoms with E-state index in [1.54, 1.807) is 0 Å². The largest absolute Gasteiger partial charge is 0.376 e. The van der Waals surface area contributed by atoms with E-state index in [0.717, 1.165) is 37.2 Å². The van der Waals surface area contributed by atoms with E-state index in [-0.39, 0.29) is 24.4 Å². The Morgan fingerprint density at radius 2 is 1.57 bits per heavy atom. The summed E-state index contributed by atoms with van der Waals surface area (Å²) >= 11 is 0. The molecule has 28 heavy (non-hydrogen) atoms. The fourth-order valence-corrected chi connectivity index (χ4v) is 3.49. The molecule has 148 valence electrons. The molecule has 1 aliphatic rings. The average molecular weight is 380 g/mol. The second-order valence-corrected chi connectivity index (χ2v) is 7.34. The van der Waals surface area contributed by atoms with Gasteiger partial charge in [-0.2, -0.15) is 0 Å². The molecule has 5 heteroatoms. The molecule has 0 radical (unpaired) electrons. The molecule has 5 nitrogen and oxygen atoms in total. The Labute approximate surface area is 167 Å². The van der Waals surface area contributed by atoms with E-state index in [1.165, 1.54) is 12.8 Å². The Balaban J connectivity index is 1.48. The zero-order valence-corrected chi connectivity index (χ0v) is 16.5. The maximum absolute atomic E-state index is 12.6. The number of likely N-dealkylation sites (tertiary alicyclic amines) is 1. The predicted molar refractivity (Wildman–Crippen MR) is 112 cm³/mol. The topological polar surface area (TPSA) is 61.4 Å². The van der Waals surface area contributed by atoms with Crippen LogP contribution in [0.5, 0.6) is 0 Å². The number of hydrogen-bond donors (Lipinski definition) is 2. The van der Waals surface area contributed by atoms with Crippen LogP contribution in [0.2, 0.25) is 0 Å². The Bertz CT molecular complexity index is 766. The maximum atomic E-state index is 12.6. The molecule has 3 rings (SSSR count). The molecule has 1 fully saturated rings. The van der Waals surface area contributed by atoms with Crippen molar-refractivity contribution >= 4 is 17.5 Å². The number of nitrogens with one attached hydrogen (secondary N) is 2. The van der Waals surface area contributed by atoms with E-state index in [9.17, 15) is 9.59 Å². The van der Waals surface area contributed by atoms with Crippen molar-refractivity contribution in [3.63, 3.8) is 0 Å². The van der Waals surface area contributed by atoms with Crippen LogP contribution in [-0.2, 0) is 4.79 Å². The number of rotatable bonds is 6. The quantitative estimate of drug-likeness (QED) is 0.798. The van der Waals surface area contributed by atoms with Gasteiger partial charge in [0.15, 0.2) is 0 Å². The van der Waals surface area contributed by atoms with Gasteiger partial charge >= 0.3 is 0 Å². The first-order valence-electron chi connectivity index (χ1n) is 10.1. The SMILES string of the molecule is CC(NC(=O)CNc1ccc(C(=O)N2CCCCCC2)cc1)c1ccccc1. The zero-order valence-electron chi connectivity index (χ0n) is 16.5. The van der Waals surface area contributed by atoms with Crippen molar-refractivity contribution in [1.29, 1.82) is 0 Å². The number of nitrogens with zero attached hydrogens (tertiary/aromatic N) is 1. The van der Waals surface area contributed by atoms with Crippen molar-refractivity contribution in [3.05, 3.63) is 65.7 Å². The summed E-state index contributed by atoms with van der Waals surface area (Å²) in [4.78, 5) is 26.8. The van der Waals surface area contributed by atoms with Crippen molar-refractivity contribution in [2.75, 3.05) is 25.0 Å². The molecule has 1 unspecified atom stereocenters. The van der Waals surface area contributed by atoms with Gasteiger partial charge in [-0.15, -0.1) is 0 Å². The van der Waals surface area contributed by atoms with Crippen molar-refractivity contribution in [2.24, 2.45) is 0 Å². The normalized spacial score (nSPS) is 15.4. The van der Waals surface area contributed by atoms with Gasteiger partial charge in [-0.25, -0.2) is 0 Å². The van der Waals surface area contributed by atoms with E-state index >= 15 is 0 Å². The lowest BCUT2D eigenvalue weighted by Gasteiger charge is -2.20. The van der Waals surface area contributed by atoms with Gasteiger partial charge < -0.3 is 15.5 Å². The van der Waals surface area contributed by atoms with Gasteiger partial charge in [0.2, 0.25) is 5.91 Å². The molecule has 1 aliphatic heterocycles. The molecule has 1 saturated heterocycles. The van der Waals surface area contributed by atoms with Crippen LogP contribution in [0.1, 0.15) is 54.6 Å². The molecule has 0 aromatic heterocycles. The van der Waals surface area contributed by atoms with Gasteiger partial charge in [-0.05, 0) is 49.6 Å². The highest BCUT2D eigenvalue weighted by atomic mass is 16.2. The van der Waals surface area contributed by atoms with E-state index in [0.29, 0.717) is 5.56 Å². The summed E-state index contributed by atoms with van der Waals surface area (Å²) in [7, 11) is 0. The highest BCUT2D eigenvalue weighted by Gasteiger charge is 2.17. The third kappa shape index (κ3) is 5.59. The molecule has 1 atom stereocenters. The fraction of sp³-hybridized carbons (Fsp3) is 0.391. The third-order valence-corrected chi connectivity index (χ3v) is 5.16. The van der Waals surface area contributed by atoms with Gasteiger partial charge in [0.1, 0.15) is 0 Å². The summed E-state index contributed by atoms with van der Waals surface area (Å²) in [5.74, 6) is 0.0314. The van der Waals surface area contributed by atoms with Crippen LogP contribution in [0.3, 0.4) is 0 Å². The van der Waals surface area contributed by atoms with Gasteiger partial charge in [0.05, 0.1) is 12.6 Å². The van der Waals surface area contributed by atoms with Crippen molar-refractivity contribution < 1.29 is 9.59 Å². The summed E-state index contributed by atoms with van der Waals surface area (Å²) < 4.78 is 0. The zero-order chi connectivity index (χ0) is 19.8. The minimum atomic E-state index is -0.0685. The fourth-order valence-electron chi connectivity index (χ4n) is 3.49. The van der Waals surface area contributed by atoms with Crippen LogP contribution in [0.4, 0.5) is 5.69 Å². The van der Waals surface area contributed by atoms with Crippen LogP contribution in [0, 0.1) is 0 Å². The molecule has 0 saturated carbocycles. The molecule has 0 spiro atoms. The van der Waals surface area contributed by atoms with Crippen LogP contribution in [-0.4, -0.2) is 36.3 Å². The third-order valence-electron chi connectivity index (χ3n) is 5.16. The first kappa shape index (κ1) is 19.9. The minimum Gasteiger partial charge on any atom is -0.376 e.